The number of amides is 2. The Morgan fingerprint density at radius 1 is 1.23 bits per heavy atom. The summed E-state index contributed by atoms with van der Waals surface area (Å²) in [5.41, 5.74) is 1.55. The van der Waals surface area contributed by atoms with Crippen LogP contribution in [0.15, 0.2) is 29.6 Å². The number of anilines is 1. The van der Waals surface area contributed by atoms with E-state index in [1.54, 1.807) is 5.38 Å². The van der Waals surface area contributed by atoms with Crippen LogP contribution in [0.2, 0.25) is 5.02 Å². The highest BCUT2D eigenvalue weighted by atomic mass is 35.5. The highest BCUT2D eigenvalue weighted by Gasteiger charge is 2.21. The first-order chi connectivity index (χ1) is 12.2. The fourth-order valence-electron chi connectivity index (χ4n) is 2.24. The molecule has 0 aliphatic carbocycles. The fourth-order valence-corrected chi connectivity index (χ4v) is 3.08. The van der Waals surface area contributed by atoms with Gasteiger partial charge in [-0.2, -0.15) is 0 Å². The minimum atomic E-state index is -0.210. The highest BCUT2D eigenvalue weighted by molar-refractivity contribution is 7.13. The second-order valence-electron chi connectivity index (χ2n) is 7.13. The van der Waals surface area contributed by atoms with Gasteiger partial charge in [0.05, 0.1) is 12.1 Å². The molecule has 2 N–H and O–H groups in total. The lowest BCUT2D eigenvalue weighted by molar-refractivity contribution is -0.120. The molecule has 0 bridgehead atoms. The summed E-state index contributed by atoms with van der Waals surface area (Å²) in [6.45, 7) is 8.28. The van der Waals surface area contributed by atoms with Gasteiger partial charge in [-0.3, -0.25) is 9.59 Å². The van der Waals surface area contributed by atoms with Crippen molar-refractivity contribution < 1.29 is 9.59 Å². The van der Waals surface area contributed by atoms with E-state index in [4.69, 9.17) is 11.6 Å². The number of rotatable bonds is 7. The molecule has 0 radical (unpaired) electrons. The minimum Gasteiger partial charge on any atom is -0.355 e. The molecule has 0 fully saturated rings. The van der Waals surface area contributed by atoms with Crippen LogP contribution < -0.4 is 10.6 Å². The third-order valence-electron chi connectivity index (χ3n) is 4.00. The number of nitrogens with zero attached hydrogens (tertiary/aromatic N) is 1. The van der Waals surface area contributed by atoms with Crippen LogP contribution in [0.4, 0.5) is 5.13 Å². The maximum Gasteiger partial charge on any atom is 0.228 e. The van der Waals surface area contributed by atoms with Crippen LogP contribution in [-0.2, 0) is 21.4 Å². The highest BCUT2D eigenvalue weighted by Crippen LogP contribution is 2.24. The van der Waals surface area contributed by atoms with Gasteiger partial charge in [0.25, 0.3) is 0 Å². The minimum absolute atomic E-state index is 0.0833. The smallest absolute Gasteiger partial charge is 0.228 e. The summed E-state index contributed by atoms with van der Waals surface area (Å²) >= 11 is 7.25. The molecule has 0 spiro atoms. The summed E-state index contributed by atoms with van der Waals surface area (Å²) in [5, 5.41) is 8.71. The van der Waals surface area contributed by atoms with Gasteiger partial charge in [0.1, 0.15) is 0 Å². The second kappa shape index (κ2) is 8.64. The third kappa shape index (κ3) is 5.81. The van der Waals surface area contributed by atoms with Gasteiger partial charge < -0.3 is 10.6 Å². The van der Waals surface area contributed by atoms with E-state index in [-0.39, 0.29) is 29.6 Å². The number of nitrogens with one attached hydrogen (secondary N) is 2. The molecule has 2 amide bonds. The summed E-state index contributed by atoms with van der Waals surface area (Å²) < 4.78 is 0. The Kier molecular flexibility index (Phi) is 6.78. The van der Waals surface area contributed by atoms with Crippen molar-refractivity contribution in [3.63, 3.8) is 0 Å². The van der Waals surface area contributed by atoms with Gasteiger partial charge >= 0.3 is 0 Å². The SMILES string of the molecule is CC(C)C(=O)Nc1nc(CC(=O)NCC(C)(C)c2ccc(Cl)cc2)cs1. The molecule has 7 heteroatoms. The predicted molar refractivity (Wildman–Crippen MR) is 107 cm³/mol. The lowest BCUT2D eigenvalue weighted by Gasteiger charge is -2.25. The van der Waals surface area contributed by atoms with E-state index in [1.807, 2.05) is 38.1 Å². The standard InChI is InChI=1S/C19H24ClN3O2S/c1-12(2)17(25)23-18-22-15(10-26-18)9-16(24)21-11-19(3,4)13-5-7-14(20)8-6-13/h5-8,10,12H,9,11H2,1-4H3,(H,21,24)(H,22,23,25). The Morgan fingerprint density at radius 3 is 2.50 bits per heavy atom. The molecule has 0 saturated heterocycles. The number of carbonyl (C=O) groups excluding carboxylic acids is 2. The molecule has 2 rings (SSSR count). The molecule has 2 aromatic rings. The Bertz CT molecular complexity index is 769. The molecular formula is C19H24ClN3O2S. The van der Waals surface area contributed by atoms with Crippen molar-refractivity contribution in [2.24, 2.45) is 5.92 Å². The number of benzene rings is 1. The molecule has 5 nitrogen and oxygen atoms in total. The average molecular weight is 394 g/mol. The molecule has 26 heavy (non-hydrogen) atoms. The zero-order valence-corrected chi connectivity index (χ0v) is 17.0. The van der Waals surface area contributed by atoms with E-state index in [2.05, 4.69) is 29.5 Å². The Balaban J connectivity index is 1.88. The Labute approximate surface area is 163 Å². The monoisotopic (exact) mass is 393 g/mol. The van der Waals surface area contributed by atoms with Crippen LogP contribution in [0.3, 0.4) is 0 Å². The molecule has 0 aliphatic heterocycles. The third-order valence-corrected chi connectivity index (χ3v) is 5.06. The normalized spacial score (nSPS) is 11.5. The molecule has 1 aromatic heterocycles. The number of aromatic nitrogens is 1. The van der Waals surface area contributed by atoms with Gasteiger partial charge in [0, 0.05) is 28.3 Å². The summed E-state index contributed by atoms with van der Waals surface area (Å²) in [5.74, 6) is -0.292. The van der Waals surface area contributed by atoms with E-state index < -0.39 is 0 Å². The van der Waals surface area contributed by atoms with E-state index in [1.165, 1.54) is 11.3 Å². The van der Waals surface area contributed by atoms with Crippen molar-refractivity contribution in [3.8, 4) is 0 Å². The molecule has 1 heterocycles. The van der Waals surface area contributed by atoms with Crippen molar-refractivity contribution in [1.82, 2.24) is 10.3 Å². The van der Waals surface area contributed by atoms with E-state index in [0.717, 1.165) is 5.56 Å². The number of thiazole rings is 1. The van der Waals surface area contributed by atoms with Crippen LogP contribution in [0.1, 0.15) is 39.0 Å². The summed E-state index contributed by atoms with van der Waals surface area (Å²) in [7, 11) is 0. The van der Waals surface area contributed by atoms with Crippen molar-refractivity contribution in [1.29, 1.82) is 0 Å². The molecule has 0 atom stereocenters. The predicted octanol–water partition coefficient (Wildman–Crippen LogP) is 4.03. The maximum atomic E-state index is 12.2. The quantitative estimate of drug-likeness (QED) is 0.746. The second-order valence-corrected chi connectivity index (χ2v) is 8.43. The molecular weight excluding hydrogens is 370 g/mol. The van der Waals surface area contributed by atoms with Gasteiger partial charge in [0.15, 0.2) is 5.13 Å². The summed E-state index contributed by atoms with van der Waals surface area (Å²) in [6.07, 6.45) is 0.185. The first kappa shape index (κ1) is 20.4. The summed E-state index contributed by atoms with van der Waals surface area (Å²) in [6, 6.07) is 7.64. The van der Waals surface area contributed by atoms with E-state index in [0.29, 0.717) is 22.4 Å². The van der Waals surface area contributed by atoms with Crippen LogP contribution in [-0.4, -0.2) is 23.3 Å². The van der Waals surface area contributed by atoms with Crippen molar-refractivity contribution in [3.05, 3.63) is 45.9 Å². The van der Waals surface area contributed by atoms with Gasteiger partial charge in [-0.15, -0.1) is 11.3 Å². The number of hydrogen-bond acceptors (Lipinski definition) is 4. The molecule has 1 aromatic carbocycles. The van der Waals surface area contributed by atoms with Crippen LogP contribution in [0.5, 0.6) is 0 Å². The zero-order valence-electron chi connectivity index (χ0n) is 15.4. The number of halogens is 1. The van der Waals surface area contributed by atoms with Gasteiger partial charge in [-0.05, 0) is 17.7 Å². The maximum absolute atomic E-state index is 12.2. The molecule has 0 unspecified atom stereocenters. The van der Waals surface area contributed by atoms with Crippen LogP contribution in [0, 0.1) is 5.92 Å². The first-order valence-electron chi connectivity index (χ1n) is 8.45. The summed E-state index contributed by atoms with van der Waals surface area (Å²) in [4.78, 5) is 28.2. The molecule has 0 saturated carbocycles. The Morgan fingerprint density at radius 2 is 1.88 bits per heavy atom. The molecule has 140 valence electrons. The number of hydrogen-bond donors (Lipinski definition) is 2. The largest absolute Gasteiger partial charge is 0.355 e. The van der Waals surface area contributed by atoms with Gasteiger partial charge in [-0.25, -0.2) is 4.98 Å². The van der Waals surface area contributed by atoms with Crippen molar-refractivity contribution >= 4 is 39.9 Å². The Hall–Kier alpha value is -1.92. The number of carbonyl (C=O) groups is 2. The fraction of sp³-hybridized carbons (Fsp3) is 0.421. The van der Waals surface area contributed by atoms with Crippen LogP contribution >= 0.6 is 22.9 Å². The lowest BCUT2D eigenvalue weighted by Crippen LogP contribution is -2.37. The van der Waals surface area contributed by atoms with Gasteiger partial charge in [-0.1, -0.05) is 51.4 Å². The van der Waals surface area contributed by atoms with Crippen molar-refractivity contribution in [2.45, 2.75) is 39.5 Å². The zero-order chi connectivity index (χ0) is 19.3. The van der Waals surface area contributed by atoms with E-state index in [9.17, 15) is 9.59 Å². The molecule has 0 aliphatic rings. The van der Waals surface area contributed by atoms with Gasteiger partial charge in [0.2, 0.25) is 11.8 Å². The first-order valence-corrected chi connectivity index (χ1v) is 9.71. The van der Waals surface area contributed by atoms with E-state index >= 15 is 0 Å². The van der Waals surface area contributed by atoms with Crippen molar-refractivity contribution in [2.75, 3.05) is 11.9 Å². The lowest BCUT2D eigenvalue weighted by atomic mass is 9.84. The average Bonchev–Trinajstić information content (AvgIpc) is 3.00. The topological polar surface area (TPSA) is 71.1 Å². The van der Waals surface area contributed by atoms with Crippen LogP contribution in [0.25, 0.3) is 0 Å².